The van der Waals surface area contributed by atoms with E-state index >= 15 is 0 Å². The smallest absolute Gasteiger partial charge is 0.225 e. The number of benzene rings is 3. The quantitative estimate of drug-likeness (QED) is 0.435. The SMILES string of the molecule is COc1ccc2c(c1)CCc1nc(NC(=O)CCc3ccccc3)c(-c3ccccc3)nc1-2. The van der Waals surface area contributed by atoms with Gasteiger partial charge in [-0.1, -0.05) is 60.7 Å². The van der Waals surface area contributed by atoms with Crippen molar-refractivity contribution in [3.63, 3.8) is 0 Å². The Morgan fingerprint density at radius 1 is 0.909 bits per heavy atom. The van der Waals surface area contributed by atoms with E-state index in [4.69, 9.17) is 14.7 Å². The van der Waals surface area contributed by atoms with E-state index in [1.165, 1.54) is 5.56 Å². The highest BCUT2D eigenvalue weighted by molar-refractivity contribution is 5.94. The minimum Gasteiger partial charge on any atom is -0.497 e. The van der Waals surface area contributed by atoms with Gasteiger partial charge in [-0.2, -0.15) is 0 Å². The summed E-state index contributed by atoms with van der Waals surface area (Å²) in [6.45, 7) is 0. The lowest BCUT2D eigenvalue weighted by atomic mass is 9.91. The van der Waals surface area contributed by atoms with Crippen LogP contribution in [0.15, 0.2) is 78.9 Å². The minimum absolute atomic E-state index is 0.0637. The molecule has 5 heteroatoms. The third-order valence-corrected chi connectivity index (χ3v) is 5.96. The highest BCUT2D eigenvalue weighted by Crippen LogP contribution is 2.37. The number of carbonyl (C=O) groups is 1. The molecular weight excluding hydrogens is 410 g/mol. The highest BCUT2D eigenvalue weighted by Gasteiger charge is 2.23. The van der Waals surface area contributed by atoms with Crippen molar-refractivity contribution in [1.29, 1.82) is 0 Å². The highest BCUT2D eigenvalue weighted by atomic mass is 16.5. The van der Waals surface area contributed by atoms with Crippen LogP contribution >= 0.6 is 0 Å². The second-order valence-corrected chi connectivity index (χ2v) is 8.14. The summed E-state index contributed by atoms with van der Waals surface area (Å²) < 4.78 is 5.40. The molecule has 1 aliphatic carbocycles. The molecule has 164 valence electrons. The predicted octanol–water partition coefficient (Wildman–Crippen LogP) is 5.49. The van der Waals surface area contributed by atoms with Crippen LogP contribution in [0.25, 0.3) is 22.5 Å². The first-order valence-electron chi connectivity index (χ1n) is 11.2. The van der Waals surface area contributed by atoms with E-state index in [1.807, 2.05) is 72.8 Å². The van der Waals surface area contributed by atoms with Crippen LogP contribution < -0.4 is 10.1 Å². The average Bonchev–Trinajstić information content (AvgIpc) is 2.87. The van der Waals surface area contributed by atoms with Gasteiger partial charge in [0.2, 0.25) is 5.91 Å². The van der Waals surface area contributed by atoms with Crippen molar-refractivity contribution >= 4 is 11.7 Å². The van der Waals surface area contributed by atoms with E-state index in [0.717, 1.165) is 46.7 Å². The summed E-state index contributed by atoms with van der Waals surface area (Å²) in [7, 11) is 1.68. The number of aryl methyl sites for hydroxylation is 3. The Hall–Kier alpha value is -3.99. The number of hydrogen-bond donors (Lipinski definition) is 1. The zero-order valence-electron chi connectivity index (χ0n) is 18.5. The molecule has 5 rings (SSSR count). The Bertz CT molecular complexity index is 1290. The summed E-state index contributed by atoms with van der Waals surface area (Å²) in [5.41, 5.74) is 6.81. The first kappa shape index (κ1) is 20.9. The zero-order chi connectivity index (χ0) is 22.6. The van der Waals surface area contributed by atoms with Crippen LogP contribution in [0.3, 0.4) is 0 Å². The molecule has 1 aliphatic rings. The van der Waals surface area contributed by atoms with Crippen LogP contribution in [-0.2, 0) is 24.1 Å². The molecule has 33 heavy (non-hydrogen) atoms. The Labute approximate surface area is 193 Å². The number of amides is 1. The number of carbonyl (C=O) groups excluding carboxylic acids is 1. The van der Waals surface area contributed by atoms with E-state index in [-0.39, 0.29) is 5.91 Å². The van der Waals surface area contributed by atoms with Crippen molar-refractivity contribution in [2.45, 2.75) is 25.7 Å². The van der Waals surface area contributed by atoms with Gasteiger partial charge >= 0.3 is 0 Å². The summed E-state index contributed by atoms with van der Waals surface area (Å²) in [4.78, 5) is 22.7. The summed E-state index contributed by atoms with van der Waals surface area (Å²) in [5, 5.41) is 3.04. The summed E-state index contributed by atoms with van der Waals surface area (Å²) >= 11 is 0. The van der Waals surface area contributed by atoms with Gasteiger partial charge in [-0.05, 0) is 48.6 Å². The van der Waals surface area contributed by atoms with Gasteiger partial charge in [0.05, 0.1) is 18.5 Å². The van der Waals surface area contributed by atoms with E-state index in [1.54, 1.807) is 7.11 Å². The fourth-order valence-corrected chi connectivity index (χ4v) is 4.23. The number of nitrogens with one attached hydrogen (secondary N) is 1. The number of anilines is 1. The van der Waals surface area contributed by atoms with Crippen molar-refractivity contribution in [2.24, 2.45) is 0 Å². The van der Waals surface area contributed by atoms with Crippen LogP contribution in [-0.4, -0.2) is 23.0 Å². The van der Waals surface area contributed by atoms with Crippen molar-refractivity contribution in [3.05, 3.63) is 95.7 Å². The van der Waals surface area contributed by atoms with E-state index in [2.05, 4.69) is 11.4 Å². The Kier molecular flexibility index (Phi) is 5.85. The molecule has 0 spiro atoms. The molecule has 1 N–H and O–H groups in total. The maximum absolute atomic E-state index is 12.8. The number of fused-ring (bicyclic) bond motifs is 3. The largest absolute Gasteiger partial charge is 0.497 e. The van der Waals surface area contributed by atoms with E-state index < -0.39 is 0 Å². The first-order chi connectivity index (χ1) is 16.2. The van der Waals surface area contributed by atoms with Crippen LogP contribution in [0.2, 0.25) is 0 Å². The standard InChI is InChI=1S/C28H25N3O2/c1-33-22-14-15-23-21(18-22)13-16-24-27(23)31-26(20-10-6-3-7-11-20)28(29-24)30-25(32)17-12-19-8-4-2-5-9-19/h2-11,14-15,18H,12-13,16-17H2,1H3,(H,29,30,32). The van der Waals surface area contributed by atoms with Crippen LogP contribution in [0, 0.1) is 0 Å². The summed E-state index contributed by atoms with van der Waals surface area (Å²) in [6, 6.07) is 26.0. The molecule has 0 fully saturated rings. The van der Waals surface area contributed by atoms with Crippen molar-refractivity contribution < 1.29 is 9.53 Å². The van der Waals surface area contributed by atoms with Gasteiger partial charge in [0, 0.05) is 17.5 Å². The lowest BCUT2D eigenvalue weighted by Crippen LogP contribution is -2.17. The van der Waals surface area contributed by atoms with Crippen LogP contribution in [0.5, 0.6) is 5.75 Å². The molecule has 3 aromatic carbocycles. The van der Waals surface area contributed by atoms with Crippen LogP contribution in [0.1, 0.15) is 23.2 Å². The van der Waals surface area contributed by atoms with E-state index in [0.29, 0.717) is 24.4 Å². The lowest BCUT2D eigenvalue weighted by molar-refractivity contribution is -0.116. The molecule has 0 saturated carbocycles. The number of hydrogen-bond acceptors (Lipinski definition) is 4. The molecule has 0 saturated heterocycles. The summed E-state index contributed by atoms with van der Waals surface area (Å²) in [6.07, 6.45) is 2.70. The molecular formula is C28H25N3O2. The van der Waals surface area contributed by atoms with Gasteiger partial charge in [0.1, 0.15) is 11.4 Å². The molecule has 5 nitrogen and oxygen atoms in total. The third kappa shape index (κ3) is 4.48. The molecule has 0 atom stereocenters. The van der Waals surface area contributed by atoms with Gasteiger partial charge in [-0.15, -0.1) is 0 Å². The lowest BCUT2D eigenvalue weighted by Gasteiger charge is -2.21. The molecule has 1 heterocycles. The fourth-order valence-electron chi connectivity index (χ4n) is 4.23. The predicted molar refractivity (Wildman–Crippen MR) is 130 cm³/mol. The number of aromatic nitrogens is 2. The fraction of sp³-hybridized carbons (Fsp3) is 0.179. The molecule has 1 aromatic heterocycles. The molecule has 1 amide bonds. The minimum atomic E-state index is -0.0637. The monoisotopic (exact) mass is 435 g/mol. The maximum Gasteiger partial charge on any atom is 0.225 e. The topological polar surface area (TPSA) is 64.1 Å². The number of nitrogens with zero attached hydrogens (tertiary/aromatic N) is 2. The molecule has 0 aliphatic heterocycles. The number of rotatable bonds is 6. The maximum atomic E-state index is 12.8. The van der Waals surface area contributed by atoms with E-state index in [9.17, 15) is 4.79 Å². The van der Waals surface area contributed by atoms with Gasteiger partial charge in [0.25, 0.3) is 0 Å². The first-order valence-corrected chi connectivity index (χ1v) is 11.2. The van der Waals surface area contributed by atoms with Gasteiger partial charge in [-0.3, -0.25) is 4.79 Å². The van der Waals surface area contributed by atoms with Gasteiger partial charge in [-0.25, -0.2) is 9.97 Å². The molecule has 0 bridgehead atoms. The second kappa shape index (κ2) is 9.25. The molecule has 0 radical (unpaired) electrons. The normalized spacial score (nSPS) is 11.9. The Balaban J connectivity index is 1.49. The third-order valence-electron chi connectivity index (χ3n) is 5.96. The molecule has 4 aromatic rings. The van der Waals surface area contributed by atoms with Crippen molar-refractivity contribution in [1.82, 2.24) is 9.97 Å². The number of ether oxygens (including phenoxy) is 1. The van der Waals surface area contributed by atoms with Gasteiger partial charge in [0.15, 0.2) is 5.82 Å². The zero-order valence-corrected chi connectivity index (χ0v) is 18.5. The van der Waals surface area contributed by atoms with Gasteiger partial charge < -0.3 is 10.1 Å². The van der Waals surface area contributed by atoms with Crippen molar-refractivity contribution in [3.8, 4) is 28.3 Å². The van der Waals surface area contributed by atoms with Crippen molar-refractivity contribution in [2.75, 3.05) is 12.4 Å². The van der Waals surface area contributed by atoms with Crippen LogP contribution in [0.4, 0.5) is 5.82 Å². The Morgan fingerprint density at radius 2 is 1.67 bits per heavy atom. The second-order valence-electron chi connectivity index (χ2n) is 8.14. The summed E-state index contributed by atoms with van der Waals surface area (Å²) in [5.74, 6) is 1.30. The average molecular weight is 436 g/mol. The Morgan fingerprint density at radius 3 is 2.42 bits per heavy atom. The molecule has 0 unspecified atom stereocenters. The number of methoxy groups -OCH3 is 1.